The summed E-state index contributed by atoms with van der Waals surface area (Å²) in [6, 6.07) is 7.68. The van der Waals surface area contributed by atoms with Crippen LogP contribution in [0.5, 0.6) is 11.5 Å². The smallest absolute Gasteiger partial charge is 0.260 e. The summed E-state index contributed by atoms with van der Waals surface area (Å²) in [7, 11) is 1.59. The largest absolute Gasteiger partial charge is 0.493 e. The molecule has 1 aliphatic heterocycles. The topological polar surface area (TPSA) is 50.8 Å². The second kappa shape index (κ2) is 7.14. The minimum atomic E-state index is 0.0199. The first-order valence-electron chi connectivity index (χ1n) is 6.97. The van der Waals surface area contributed by atoms with Crippen molar-refractivity contribution in [3.63, 3.8) is 0 Å². The van der Waals surface area contributed by atoms with Crippen LogP contribution in [0.3, 0.4) is 0 Å². The number of carbonyl (C=O) groups excluding carboxylic acids is 1. The van der Waals surface area contributed by atoms with E-state index in [1.165, 1.54) is 0 Å². The maximum Gasteiger partial charge on any atom is 0.260 e. The number of rotatable bonds is 4. The maximum atomic E-state index is 12.2. The Morgan fingerprint density at radius 2 is 2.15 bits per heavy atom. The molecule has 2 rings (SSSR count). The number of carbonyl (C=O) groups is 1. The number of nitrogens with zero attached hydrogens (tertiary/aromatic N) is 1. The van der Waals surface area contributed by atoms with Gasteiger partial charge in [0, 0.05) is 19.1 Å². The molecule has 1 aromatic rings. The van der Waals surface area contributed by atoms with Crippen LogP contribution in [0.25, 0.3) is 0 Å². The Kier molecular flexibility index (Phi) is 5.24. The number of methoxy groups -OCH3 is 1. The van der Waals surface area contributed by atoms with Crippen molar-refractivity contribution in [3.05, 3.63) is 24.3 Å². The van der Waals surface area contributed by atoms with Crippen molar-refractivity contribution in [2.45, 2.75) is 19.4 Å². The van der Waals surface area contributed by atoms with E-state index in [0.29, 0.717) is 17.5 Å². The standard InChI is InChI=1S/C15H22N2O3/c1-12-10-17(9-5-8-16-12)15(18)11-20-14-7-4-3-6-13(14)19-2/h3-4,6-7,12,16H,5,8-11H2,1-2H3. The van der Waals surface area contributed by atoms with Crippen molar-refractivity contribution in [1.29, 1.82) is 0 Å². The lowest BCUT2D eigenvalue weighted by molar-refractivity contribution is -0.133. The molecular formula is C15H22N2O3. The molecule has 1 atom stereocenters. The molecule has 1 heterocycles. The monoisotopic (exact) mass is 278 g/mol. The summed E-state index contributed by atoms with van der Waals surface area (Å²) in [5.74, 6) is 1.27. The summed E-state index contributed by atoms with van der Waals surface area (Å²) < 4.78 is 10.8. The van der Waals surface area contributed by atoms with E-state index in [2.05, 4.69) is 12.2 Å². The fraction of sp³-hybridized carbons (Fsp3) is 0.533. The van der Waals surface area contributed by atoms with Gasteiger partial charge in [-0.15, -0.1) is 0 Å². The zero-order valence-electron chi connectivity index (χ0n) is 12.1. The molecule has 0 bridgehead atoms. The van der Waals surface area contributed by atoms with E-state index in [-0.39, 0.29) is 12.5 Å². The van der Waals surface area contributed by atoms with Gasteiger partial charge in [-0.25, -0.2) is 0 Å². The first-order chi connectivity index (χ1) is 9.70. The number of hydrogen-bond acceptors (Lipinski definition) is 4. The average molecular weight is 278 g/mol. The molecule has 5 heteroatoms. The summed E-state index contributed by atoms with van der Waals surface area (Å²) in [6.07, 6.45) is 0.977. The van der Waals surface area contributed by atoms with Crippen LogP contribution in [0.15, 0.2) is 24.3 Å². The normalized spacial score (nSPS) is 19.3. The predicted molar refractivity (Wildman–Crippen MR) is 77.2 cm³/mol. The Morgan fingerprint density at radius 3 is 2.90 bits per heavy atom. The molecule has 20 heavy (non-hydrogen) atoms. The molecule has 1 fully saturated rings. The van der Waals surface area contributed by atoms with Crippen molar-refractivity contribution in [3.8, 4) is 11.5 Å². The lowest BCUT2D eigenvalue weighted by atomic mass is 10.3. The van der Waals surface area contributed by atoms with Crippen molar-refractivity contribution in [2.75, 3.05) is 33.4 Å². The van der Waals surface area contributed by atoms with Crippen molar-refractivity contribution >= 4 is 5.91 Å². The lowest BCUT2D eigenvalue weighted by Gasteiger charge is -2.22. The summed E-state index contributed by atoms with van der Waals surface area (Å²) in [4.78, 5) is 14.1. The Bertz CT molecular complexity index is 450. The van der Waals surface area contributed by atoms with Gasteiger partial charge in [-0.3, -0.25) is 4.79 Å². The van der Waals surface area contributed by atoms with E-state index in [9.17, 15) is 4.79 Å². The van der Waals surface area contributed by atoms with Gasteiger partial charge in [0.25, 0.3) is 5.91 Å². The predicted octanol–water partition coefficient (Wildman–Crippen LogP) is 1.28. The fourth-order valence-corrected chi connectivity index (χ4v) is 2.30. The van der Waals surface area contributed by atoms with E-state index >= 15 is 0 Å². The first-order valence-corrected chi connectivity index (χ1v) is 6.97. The Labute approximate surface area is 119 Å². The minimum Gasteiger partial charge on any atom is -0.493 e. The van der Waals surface area contributed by atoms with Crippen LogP contribution in [0.1, 0.15) is 13.3 Å². The molecule has 1 unspecified atom stereocenters. The zero-order valence-corrected chi connectivity index (χ0v) is 12.1. The molecule has 1 aromatic carbocycles. The van der Waals surface area contributed by atoms with E-state index in [4.69, 9.17) is 9.47 Å². The van der Waals surface area contributed by atoms with Gasteiger partial charge in [0.1, 0.15) is 0 Å². The van der Waals surface area contributed by atoms with E-state index in [1.54, 1.807) is 13.2 Å². The third kappa shape index (κ3) is 3.87. The van der Waals surface area contributed by atoms with Crippen molar-refractivity contribution in [2.24, 2.45) is 0 Å². The van der Waals surface area contributed by atoms with Crippen molar-refractivity contribution < 1.29 is 14.3 Å². The highest BCUT2D eigenvalue weighted by molar-refractivity contribution is 5.78. The van der Waals surface area contributed by atoms with Gasteiger partial charge in [0.2, 0.25) is 0 Å². The fourth-order valence-electron chi connectivity index (χ4n) is 2.30. The highest BCUT2D eigenvalue weighted by atomic mass is 16.5. The number of amides is 1. The third-order valence-electron chi connectivity index (χ3n) is 3.36. The van der Waals surface area contributed by atoms with Gasteiger partial charge in [0.05, 0.1) is 7.11 Å². The molecule has 0 saturated carbocycles. The van der Waals surface area contributed by atoms with Crippen molar-refractivity contribution in [1.82, 2.24) is 10.2 Å². The number of nitrogens with one attached hydrogen (secondary N) is 1. The quantitative estimate of drug-likeness (QED) is 0.901. The number of ether oxygens (including phenoxy) is 2. The first kappa shape index (κ1) is 14.7. The number of para-hydroxylation sites is 2. The van der Waals surface area contributed by atoms with Gasteiger partial charge in [0.15, 0.2) is 18.1 Å². The minimum absolute atomic E-state index is 0.0199. The summed E-state index contributed by atoms with van der Waals surface area (Å²) in [6.45, 7) is 4.61. The lowest BCUT2D eigenvalue weighted by Crippen LogP contribution is -2.41. The van der Waals surface area contributed by atoms with E-state index < -0.39 is 0 Å². The second-order valence-electron chi connectivity index (χ2n) is 4.99. The highest BCUT2D eigenvalue weighted by Gasteiger charge is 2.19. The summed E-state index contributed by atoms with van der Waals surface area (Å²) in [5, 5.41) is 3.37. The van der Waals surface area contributed by atoms with Crippen LogP contribution in [0.2, 0.25) is 0 Å². The van der Waals surface area contributed by atoms with Crippen LogP contribution < -0.4 is 14.8 Å². The molecular weight excluding hydrogens is 256 g/mol. The van der Waals surface area contributed by atoms with Crippen LogP contribution in [-0.2, 0) is 4.79 Å². The molecule has 1 amide bonds. The van der Waals surface area contributed by atoms with E-state index in [0.717, 1.165) is 26.1 Å². The van der Waals surface area contributed by atoms with Gasteiger partial charge in [-0.1, -0.05) is 12.1 Å². The summed E-state index contributed by atoms with van der Waals surface area (Å²) in [5.41, 5.74) is 0. The Hall–Kier alpha value is -1.75. The van der Waals surface area contributed by atoms with Crippen LogP contribution >= 0.6 is 0 Å². The molecule has 5 nitrogen and oxygen atoms in total. The molecule has 1 saturated heterocycles. The maximum absolute atomic E-state index is 12.2. The number of hydrogen-bond donors (Lipinski definition) is 1. The van der Waals surface area contributed by atoms with Crippen LogP contribution in [0, 0.1) is 0 Å². The molecule has 110 valence electrons. The van der Waals surface area contributed by atoms with Gasteiger partial charge in [-0.05, 0) is 32.0 Å². The molecule has 0 aromatic heterocycles. The Morgan fingerprint density at radius 1 is 1.40 bits per heavy atom. The Balaban J connectivity index is 1.91. The zero-order chi connectivity index (χ0) is 14.4. The van der Waals surface area contributed by atoms with Gasteiger partial charge < -0.3 is 19.7 Å². The molecule has 0 radical (unpaired) electrons. The highest BCUT2D eigenvalue weighted by Crippen LogP contribution is 2.25. The van der Waals surface area contributed by atoms with E-state index in [1.807, 2.05) is 23.1 Å². The number of benzene rings is 1. The van der Waals surface area contributed by atoms with Gasteiger partial charge in [-0.2, -0.15) is 0 Å². The molecule has 0 spiro atoms. The van der Waals surface area contributed by atoms with Crippen LogP contribution in [-0.4, -0.2) is 50.2 Å². The molecule has 0 aliphatic carbocycles. The van der Waals surface area contributed by atoms with Crippen LogP contribution in [0.4, 0.5) is 0 Å². The molecule has 1 aliphatic rings. The molecule has 1 N–H and O–H groups in total. The summed E-state index contributed by atoms with van der Waals surface area (Å²) >= 11 is 0. The average Bonchev–Trinajstić information content (AvgIpc) is 2.69. The third-order valence-corrected chi connectivity index (χ3v) is 3.36. The second-order valence-corrected chi connectivity index (χ2v) is 4.99. The van der Waals surface area contributed by atoms with Gasteiger partial charge >= 0.3 is 0 Å². The SMILES string of the molecule is COc1ccccc1OCC(=O)N1CCCNC(C)C1.